The highest BCUT2D eigenvalue weighted by Gasteiger charge is 2.31. The molecule has 5 aromatic rings. The van der Waals surface area contributed by atoms with Gasteiger partial charge >= 0.3 is 5.97 Å². The van der Waals surface area contributed by atoms with E-state index in [-0.39, 0.29) is 5.78 Å². The normalized spacial score (nSPS) is 12.2. The van der Waals surface area contributed by atoms with E-state index in [2.05, 4.69) is 28.8 Å². The number of aromatic nitrogens is 1. The number of aryl methyl sites for hydroxylation is 2. The van der Waals surface area contributed by atoms with Crippen LogP contribution in [0.5, 0.6) is 0 Å². The quantitative estimate of drug-likeness (QED) is 0.0645. The summed E-state index contributed by atoms with van der Waals surface area (Å²) in [5.41, 5.74) is 5.90. The van der Waals surface area contributed by atoms with Gasteiger partial charge in [0, 0.05) is 44.4 Å². The van der Waals surface area contributed by atoms with Crippen molar-refractivity contribution in [1.29, 1.82) is 0 Å². The second-order valence-electron chi connectivity index (χ2n) is 10.3. The number of nitrogens with zero attached hydrogens (tertiary/aromatic N) is 2. The average Bonchev–Trinajstić information content (AvgIpc) is 3.28. The molecule has 4 aromatic carbocycles. The van der Waals surface area contributed by atoms with Crippen molar-refractivity contribution in [1.82, 2.24) is 4.57 Å². The molecule has 0 atom stereocenters. The zero-order chi connectivity index (χ0) is 28.4. The van der Waals surface area contributed by atoms with Gasteiger partial charge in [-0.25, -0.2) is 4.79 Å². The lowest BCUT2D eigenvalue weighted by atomic mass is 9.97. The fraction of sp³-hybridized carbons (Fsp3) is 0.206. The number of oxime groups is 1. The zero-order valence-electron chi connectivity index (χ0n) is 23.4. The van der Waals surface area contributed by atoms with E-state index in [1.54, 1.807) is 0 Å². The molecule has 1 aromatic heterocycles. The van der Waals surface area contributed by atoms with Gasteiger partial charge in [0.15, 0.2) is 5.78 Å². The SMILES string of the molecule is CCn1c2ccc(C(=O)c3ccccc3C)cc2c2cc(/C(C)=N/OC(=O)C(C)(C)Sc3ccccc3)ccc21. The molecule has 202 valence electrons. The highest BCUT2D eigenvalue weighted by Crippen LogP contribution is 2.34. The highest BCUT2D eigenvalue weighted by molar-refractivity contribution is 8.01. The first-order valence-corrected chi connectivity index (χ1v) is 14.2. The van der Waals surface area contributed by atoms with Crippen molar-refractivity contribution in [2.75, 3.05) is 0 Å². The summed E-state index contributed by atoms with van der Waals surface area (Å²) in [7, 11) is 0. The predicted octanol–water partition coefficient (Wildman–Crippen LogP) is 8.19. The second-order valence-corrected chi connectivity index (χ2v) is 12.0. The van der Waals surface area contributed by atoms with Crippen LogP contribution in [0.3, 0.4) is 0 Å². The van der Waals surface area contributed by atoms with Crippen molar-refractivity contribution in [2.24, 2.45) is 5.16 Å². The van der Waals surface area contributed by atoms with E-state index < -0.39 is 10.7 Å². The van der Waals surface area contributed by atoms with Crippen molar-refractivity contribution in [3.05, 3.63) is 113 Å². The molecule has 0 radical (unpaired) electrons. The van der Waals surface area contributed by atoms with Gasteiger partial charge in [-0.15, -0.1) is 11.8 Å². The molecule has 5 nitrogen and oxygen atoms in total. The molecule has 0 spiro atoms. The van der Waals surface area contributed by atoms with Gasteiger partial charge in [-0.3, -0.25) is 4.79 Å². The molecule has 5 rings (SSSR count). The largest absolute Gasteiger partial charge is 0.350 e. The highest BCUT2D eigenvalue weighted by atomic mass is 32.2. The molecule has 0 aliphatic heterocycles. The van der Waals surface area contributed by atoms with Crippen LogP contribution in [0.1, 0.15) is 54.7 Å². The Morgan fingerprint density at radius 3 is 2.10 bits per heavy atom. The molecule has 0 saturated heterocycles. The smallest absolute Gasteiger partial charge is 0.341 e. The van der Waals surface area contributed by atoms with Gasteiger partial charge in [0.2, 0.25) is 0 Å². The van der Waals surface area contributed by atoms with Gasteiger partial charge in [0.1, 0.15) is 4.75 Å². The lowest BCUT2D eigenvalue weighted by molar-refractivity contribution is -0.145. The van der Waals surface area contributed by atoms with Crippen LogP contribution >= 0.6 is 11.8 Å². The van der Waals surface area contributed by atoms with E-state index >= 15 is 0 Å². The van der Waals surface area contributed by atoms with Crippen LogP contribution in [0.2, 0.25) is 0 Å². The number of fused-ring (bicyclic) bond motifs is 3. The number of benzene rings is 4. The Morgan fingerprint density at radius 1 is 0.850 bits per heavy atom. The van der Waals surface area contributed by atoms with Gasteiger partial charge in [0.05, 0.1) is 5.71 Å². The van der Waals surface area contributed by atoms with Crippen molar-refractivity contribution in [3.8, 4) is 0 Å². The number of hydrogen-bond acceptors (Lipinski definition) is 5. The van der Waals surface area contributed by atoms with Crippen molar-refractivity contribution < 1.29 is 14.4 Å². The number of carbonyl (C=O) groups excluding carboxylic acids is 2. The maximum Gasteiger partial charge on any atom is 0.350 e. The summed E-state index contributed by atoms with van der Waals surface area (Å²) in [6, 6.07) is 29.5. The van der Waals surface area contributed by atoms with Crippen LogP contribution in [-0.2, 0) is 16.2 Å². The lowest BCUT2D eigenvalue weighted by Gasteiger charge is -2.20. The van der Waals surface area contributed by atoms with Gasteiger partial charge in [-0.2, -0.15) is 0 Å². The van der Waals surface area contributed by atoms with Crippen LogP contribution < -0.4 is 0 Å². The fourth-order valence-electron chi connectivity index (χ4n) is 4.89. The summed E-state index contributed by atoms with van der Waals surface area (Å²) >= 11 is 1.44. The molecule has 0 amide bonds. The summed E-state index contributed by atoms with van der Waals surface area (Å²) < 4.78 is 1.44. The number of thioether (sulfide) groups is 1. The van der Waals surface area contributed by atoms with E-state index in [1.807, 2.05) is 107 Å². The Kier molecular flexibility index (Phi) is 7.63. The standard InChI is InChI=1S/C34H32N2O3S/c1-6-36-30-18-16-24(23(3)35-39-33(38)34(4,5)40-26-13-8-7-9-14-26)20-28(30)29-21-25(17-19-31(29)36)32(37)27-15-11-10-12-22(27)2/h7-21H,6H2,1-5H3/b35-23+. The fourth-order valence-corrected chi connectivity index (χ4v) is 5.89. The maximum atomic E-state index is 13.4. The molecular weight excluding hydrogens is 516 g/mol. The molecule has 0 aliphatic carbocycles. The molecular formula is C34H32N2O3S. The molecule has 1 heterocycles. The van der Waals surface area contributed by atoms with E-state index in [0.29, 0.717) is 16.8 Å². The Bertz CT molecular complexity index is 1770. The lowest BCUT2D eigenvalue weighted by Crippen LogP contribution is -2.29. The van der Waals surface area contributed by atoms with Crippen LogP contribution in [0, 0.1) is 6.92 Å². The number of carbonyl (C=O) groups is 2. The van der Waals surface area contributed by atoms with E-state index in [0.717, 1.165) is 44.4 Å². The number of rotatable bonds is 8. The van der Waals surface area contributed by atoms with Crippen molar-refractivity contribution in [2.45, 2.75) is 50.8 Å². The van der Waals surface area contributed by atoms with E-state index in [9.17, 15) is 9.59 Å². The van der Waals surface area contributed by atoms with Gasteiger partial charge in [0.25, 0.3) is 0 Å². The first kappa shape index (κ1) is 27.4. The third-order valence-corrected chi connectivity index (χ3v) is 8.31. The summed E-state index contributed by atoms with van der Waals surface area (Å²) in [5, 5.41) is 6.23. The third kappa shape index (κ3) is 5.32. The molecule has 0 N–H and O–H groups in total. The Hall–Kier alpha value is -4.16. The van der Waals surface area contributed by atoms with Crippen molar-refractivity contribution >= 4 is 51.0 Å². The first-order valence-electron chi connectivity index (χ1n) is 13.4. The maximum absolute atomic E-state index is 13.4. The van der Waals surface area contributed by atoms with Crippen LogP contribution in [0.4, 0.5) is 0 Å². The summed E-state index contributed by atoms with van der Waals surface area (Å²) in [5.74, 6) is -0.405. The molecule has 0 bridgehead atoms. The molecule has 0 aliphatic rings. The topological polar surface area (TPSA) is 60.7 Å². The summed E-state index contributed by atoms with van der Waals surface area (Å²) in [4.78, 5) is 32.7. The first-order chi connectivity index (χ1) is 19.2. The molecule has 0 unspecified atom stereocenters. The Morgan fingerprint density at radius 2 is 1.45 bits per heavy atom. The Balaban J connectivity index is 1.47. The Labute approximate surface area is 238 Å². The third-order valence-electron chi connectivity index (χ3n) is 7.12. The molecule has 0 fully saturated rings. The van der Waals surface area contributed by atoms with E-state index in [1.165, 1.54) is 11.8 Å². The van der Waals surface area contributed by atoms with Crippen LogP contribution in [0.15, 0.2) is 101 Å². The number of hydrogen-bond donors (Lipinski definition) is 0. The summed E-state index contributed by atoms with van der Waals surface area (Å²) in [6.07, 6.45) is 0. The average molecular weight is 549 g/mol. The molecule has 0 saturated carbocycles. The van der Waals surface area contributed by atoms with Gasteiger partial charge in [-0.05, 0) is 88.2 Å². The minimum Gasteiger partial charge on any atom is -0.341 e. The molecule has 40 heavy (non-hydrogen) atoms. The zero-order valence-corrected chi connectivity index (χ0v) is 24.2. The van der Waals surface area contributed by atoms with Crippen LogP contribution in [-0.4, -0.2) is 26.8 Å². The second kappa shape index (κ2) is 11.1. The number of ketones is 1. The summed E-state index contributed by atoms with van der Waals surface area (Å²) in [6.45, 7) is 10.4. The monoisotopic (exact) mass is 548 g/mol. The molecule has 6 heteroatoms. The minimum atomic E-state index is -0.802. The predicted molar refractivity (Wildman–Crippen MR) is 164 cm³/mol. The van der Waals surface area contributed by atoms with Gasteiger partial charge in [-0.1, -0.05) is 53.7 Å². The van der Waals surface area contributed by atoms with E-state index in [4.69, 9.17) is 4.84 Å². The van der Waals surface area contributed by atoms with Crippen LogP contribution in [0.25, 0.3) is 21.8 Å². The van der Waals surface area contributed by atoms with Crippen molar-refractivity contribution in [3.63, 3.8) is 0 Å². The minimum absolute atomic E-state index is 0.00851. The van der Waals surface area contributed by atoms with Gasteiger partial charge < -0.3 is 9.40 Å².